The van der Waals surface area contributed by atoms with Crippen LogP contribution in [0.1, 0.15) is 15.9 Å². The fourth-order valence-electron chi connectivity index (χ4n) is 2.44. The van der Waals surface area contributed by atoms with Crippen LogP contribution < -0.4 is 15.6 Å². The fourth-order valence-corrected chi connectivity index (χ4v) is 3.50. The van der Waals surface area contributed by atoms with Gasteiger partial charge in [-0.05, 0) is 55.5 Å². The van der Waals surface area contributed by atoms with Crippen LogP contribution in [-0.4, -0.2) is 14.3 Å². The zero-order chi connectivity index (χ0) is 21.9. The van der Waals surface area contributed by atoms with Crippen LogP contribution in [0.15, 0.2) is 65.6 Å². The molecule has 0 spiro atoms. The molecule has 0 fully saturated rings. The summed E-state index contributed by atoms with van der Waals surface area (Å²) in [5.74, 6) is -5.26. The molecule has 0 atom stereocenters. The molecule has 156 valence electrons. The van der Waals surface area contributed by atoms with E-state index < -0.39 is 39.1 Å². The molecule has 0 aromatic heterocycles. The summed E-state index contributed by atoms with van der Waals surface area (Å²) in [7, 11) is -3.86. The minimum atomic E-state index is -3.86. The Kier molecular flexibility index (Phi) is 5.97. The van der Waals surface area contributed by atoms with Crippen LogP contribution in [0.2, 0.25) is 0 Å². The number of nitrogens with one attached hydrogen (secondary N) is 3. The van der Waals surface area contributed by atoms with Crippen LogP contribution in [0.4, 0.5) is 24.5 Å². The topological polar surface area (TPSA) is 87.3 Å². The number of benzene rings is 3. The SMILES string of the molecule is Cc1ccc(NS(=O)(=O)c2ccc(C(=O)NNc3ccc(F)c(F)c3F)cc2)cc1. The number of amides is 1. The lowest BCUT2D eigenvalue weighted by atomic mass is 10.2. The third-order valence-corrected chi connectivity index (χ3v) is 5.47. The number of hydrogen-bond donors (Lipinski definition) is 3. The summed E-state index contributed by atoms with van der Waals surface area (Å²) in [5, 5.41) is 0. The third-order valence-electron chi connectivity index (χ3n) is 4.08. The van der Waals surface area contributed by atoms with E-state index in [2.05, 4.69) is 15.6 Å². The number of carbonyl (C=O) groups excluding carboxylic acids is 1. The molecule has 0 saturated heterocycles. The van der Waals surface area contributed by atoms with Crippen molar-refractivity contribution in [2.24, 2.45) is 0 Å². The van der Waals surface area contributed by atoms with Crippen molar-refractivity contribution in [3.63, 3.8) is 0 Å². The van der Waals surface area contributed by atoms with Crippen LogP contribution in [-0.2, 0) is 10.0 Å². The van der Waals surface area contributed by atoms with Crippen molar-refractivity contribution < 1.29 is 26.4 Å². The van der Waals surface area contributed by atoms with E-state index in [9.17, 15) is 26.4 Å². The quantitative estimate of drug-likeness (QED) is 0.404. The fraction of sp³-hybridized carbons (Fsp3) is 0.0500. The number of carbonyl (C=O) groups is 1. The molecule has 0 heterocycles. The Morgan fingerprint density at radius 2 is 1.47 bits per heavy atom. The third kappa shape index (κ3) is 4.71. The maximum Gasteiger partial charge on any atom is 0.269 e. The van der Waals surface area contributed by atoms with Gasteiger partial charge in [0, 0.05) is 11.3 Å². The summed E-state index contributed by atoms with van der Waals surface area (Å²) < 4.78 is 67.0. The number of aryl methyl sites for hydroxylation is 1. The Morgan fingerprint density at radius 3 is 2.10 bits per heavy atom. The molecule has 0 aliphatic rings. The lowest BCUT2D eigenvalue weighted by Crippen LogP contribution is -2.30. The van der Waals surface area contributed by atoms with E-state index in [0.29, 0.717) is 11.8 Å². The zero-order valence-electron chi connectivity index (χ0n) is 15.5. The molecule has 1 amide bonds. The Morgan fingerprint density at radius 1 is 0.833 bits per heavy atom. The zero-order valence-corrected chi connectivity index (χ0v) is 16.4. The number of hydrogen-bond acceptors (Lipinski definition) is 4. The molecule has 0 aliphatic heterocycles. The molecular formula is C20H16F3N3O3S. The summed E-state index contributed by atoms with van der Waals surface area (Å²) >= 11 is 0. The van der Waals surface area contributed by atoms with Crippen molar-refractivity contribution in [2.75, 3.05) is 10.1 Å². The second kappa shape index (κ2) is 8.46. The Balaban J connectivity index is 1.68. The molecule has 3 aromatic carbocycles. The Bertz CT molecular complexity index is 1180. The molecule has 3 rings (SSSR count). The average molecular weight is 435 g/mol. The van der Waals surface area contributed by atoms with Crippen molar-refractivity contribution >= 4 is 27.3 Å². The van der Waals surface area contributed by atoms with Gasteiger partial charge < -0.3 is 0 Å². The Labute approximate surface area is 170 Å². The minimum Gasteiger partial charge on any atom is -0.295 e. The molecule has 0 unspecified atom stereocenters. The number of rotatable bonds is 6. The number of anilines is 2. The molecule has 0 aliphatic carbocycles. The van der Waals surface area contributed by atoms with Crippen LogP contribution in [0.25, 0.3) is 0 Å². The molecule has 0 radical (unpaired) electrons. The van der Waals surface area contributed by atoms with Gasteiger partial charge >= 0.3 is 0 Å². The largest absolute Gasteiger partial charge is 0.295 e. The summed E-state index contributed by atoms with van der Waals surface area (Å²) in [6.45, 7) is 1.87. The highest BCUT2D eigenvalue weighted by atomic mass is 32.2. The van der Waals surface area contributed by atoms with Gasteiger partial charge in [0.1, 0.15) is 0 Å². The summed E-state index contributed by atoms with van der Waals surface area (Å²) in [6.07, 6.45) is 0. The van der Waals surface area contributed by atoms with E-state index in [0.717, 1.165) is 11.6 Å². The molecule has 0 saturated carbocycles. The predicted molar refractivity (Wildman–Crippen MR) is 106 cm³/mol. The van der Waals surface area contributed by atoms with Crippen molar-refractivity contribution in [3.05, 3.63) is 89.2 Å². The summed E-state index contributed by atoms with van der Waals surface area (Å²) in [6, 6.07) is 13.3. The lowest BCUT2D eigenvalue weighted by Gasteiger charge is -2.11. The second-order valence-electron chi connectivity index (χ2n) is 6.30. The monoisotopic (exact) mass is 435 g/mol. The van der Waals surface area contributed by atoms with Crippen LogP contribution >= 0.6 is 0 Å². The molecule has 6 nitrogen and oxygen atoms in total. The van der Waals surface area contributed by atoms with Crippen molar-refractivity contribution in [3.8, 4) is 0 Å². The normalized spacial score (nSPS) is 11.1. The van der Waals surface area contributed by atoms with E-state index in [-0.39, 0.29) is 10.5 Å². The first-order valence-corrected chi connectivity index (χ1v) is 10.0. The van der Waals surface area contributed by atoms with Gasteiger partial charge in [-0.1, -0.05) is 17.7 Å². The molecule has 0 bridgehead atoms. The van der Waals surface area contributed by atoms with E-state index in [1.807, 2.05) is 6.92 Å². The predicted octanol–water partition coefficient (Wildman–Crippen LogP) is 3.97. The summed E-state index contributed by atoms with van der Waals surface area (Å²) in [4.78, 5) is 12.1. The average Bonchev–Trinajstić information content (AvgIpc) is 2.73. The lowest BCUT2D eigenvalue weighted by molar-refractivity contribution is 0.0962. The van der Waals surface area contributed by atoms with E-state index in [1.165, 1.54) is 24.3 Å². The first-order valence-electron chi connectivity index (χ1n) is 8.57. The van der Waals surface area contributed by atoms with Gasteiger partial charge in [-0.15, -0.1) is 0 Å². The maximum atomic E-state index is 13.6. The Hall–Kier alpha value is -3.53. The maximum absolute atomic E-state index is 13.6. The highest BCUT2D eigenvalue weighted by Crippen LogP contribution is 2.19. The molecular weight excluding hydrogens is 419 g/mol. The van der Waals surface area contributed by atoms with Gasteiger partial charge in [0.2, 0.25) is 0 Å². The van der Waals surface area contributed by atoms with E-state index >= 15 is 0 Å². The van der Waals surface area contributed by atoms with Gasteiger partial charge in [0.25, 0.3) is 15.9 Å². The van der Waals surface area contributed by atoms with E-state index in [1.54, 1.807) is 24.3 Å². The molecule has 3 aromatic rings. The highest BCUT2D eigenvalue weighted by molar-refractivity contribution is 7.92. The second-order valence-corrected chi connectivity index (χ2v) is 7.98. The van der Waals surface area contributed by atoms with Crippen LogP contribution in [0, 0.1) is 24.4 Å². The number of halogens is 3. The van der Waals surface area contributed by atoms with Gasteiger partial charge in [0.15, 0.2) is 17.5 Å². The van der Waals surface area contributed by atoms with Crippen molar-refractivity contribution in [1.82, 2.24) is 5.43 Å². The van der Waals surface area contributed by atoms with Crippen molar-refractivity contribution in [1.29, 1.82) is 0 Å². The molecule has 10 heteroatoms. The van der Waals surface area contributed by atoms with Gasteiger partial charge in [-0.2, -0.15) is 0 Å². The minimum absolute atomic E-state index is 0.0553. The molecule has 30 heavy (non-hydrogen) atoms. The smallest absolute Gasteiger partial charge is 0.269 e. The first-order chi connectivity index (χ1) is 14.2. The standard InChI is InChI=1S/C20H16F3N3O3S/c1-12-2-6-14(7-3-12)26-30(28,29)15-8-4-13(5-9-15)20(27)25-24-17-11-10-16(21)18(22)19(17)23/h2-11,24,26H,1H3,(H,25,27). The molecule has 3 N–H and O–H groups in total. The number of hydrazine groups is 1. The summed E-state index contributed by atoms with van der Waals surface area (Å²) in [5.41, 5.74) is 5.23. The first kappa shape index (κ1) is 21.2. The number of sulfonamides is 1. The highest BCUT2D eigenvalue weighted by Gasteiger charge is 2.16. The van der Waals surface area contributed by atoms with E-state index in [4.69, 9.17) is 0 Å². The van der Waals surface area contributed by atoms with Crippen LogP contribution in [0.5, 0.6) is 0 Å². The van der Waals surface area contributed by atoms with Crippen molar-refractivity contribution in [2.45, 2.75) is 11.8 Å². The van der Waals surface area contributed by atoms with Gasteiger partial charge in [-0.25, -0.2) is 21.6 Å². The van der Waals surface area contributed by atoms with Gasteiger partial charge in [0.05, 0.1) is 10.6 Å². The van der Waals surface area contributed by atoms with Crippen LogP contribution in [0.3, 0.4) is 0 Å². The van der Waals surface area contributed by atoms with Gasteiger partial charge in [-0.3, -0.25) is 20.4 Å².